The Labute approximate surface area is 183 Å². The lowest BCUT2D eigenvalue weighted by molar-refractivity contribution is -0.0882. The molecule has 2 aromatic rings. The zero-order valence-corrected chi connectivity index (χ0v) is 18.3. The molecule has 168 valence electrons. The third kappa shape index (κ3) is 5.84. The van der Waals surface area contributed by atoms with Gasteiger partial charge in [0.2, 0.25) is 10.0 Å². The molecule has 0 bridgehead atoms. The minimum Gasteiger partial charge on any atom is -0.465 e. The van der Waals surface area contributed by atoms with Crippen LogP contribution in [0, 0.1) is 0 Å². The van der Waals surface area contributed by atoms with Crippen LogP contribution in [-0.2, 0) is 16.4 Å². The van der Waals surface area contributed by atoms with Gasteiger partial charge < -0.3 is 15.5 Å². The molecular formula is C23H30N2O5S. The van der Waals surface area contributed by atoms with Gasteiger partial charge in [0.1, 0.15) is 5.72 Å². The van der Waals surface area contributed by atoms with Gasteiger partial charge in [0.25, 0.3) is 0 Å². The van der Waals surface area contributed by atoms with Crippen molar-refractivity contribution in [2.45, 2.75) is 61.6 Å². The molecule has 0 heterocycles. The Bertz CT molecular complexity index is 946. The molecule has 2 aromatic carbocycles. The van der Waals surface area contributed by atoms with Gasteiger partial charge in [-0.1, -0.05) is 67.8 Å². The van der Waals surface area contributed by atoms with E-state index in [1.54, 1.807) is 18.2 Å². The minimum absolute atomic E-state index is 0.0588. The summed E-state index contributed by atoms with van der Waals surface area (Å²) in [7, 11) is -4.02. The van der Waals surface area contributed by atoms with Gasteiger partial charge in [0, 0.05) is 25.4 Å². The number of amides is 1. The molecule has 1 atom stereocenters. The van der Waals surface area contributed by atoms with E-state index < -0.39 is 21.8 Å². The molecule has 8 heteroatoms. The van der Waals surface area contributed by atoms with Gasteiger partial charge in [0.15, 0.2) is 0 Å². The van der Waals surface area contributed by atoms with Crippen LogP contribution < -0.4 is 5.32 Å². The van der Waals surface area contributed by atoms with Crippen LogP contribution in [0.4, 0.5) is 4.79 Å². The number of carbonyl (C=O) groups is 1. The van der Waals surface area contributed by atoms with Crippen LogP contribution in [0.2, 0.25) is 0 Å². The average molecular weight is 447 g/mol. The number of benzene rings is 2. The van der Waals surface area contributed by atoms with E-state index in [2.05, 4.69) is 5.32 Å². The first-order valence-electron chi connectivity index (χ1n) is 10.7. The summed E-state index contributed by atoms with van der Waals surface area (Å²) in [5.41, 5.74) is -0.995. The summed E-state index contributed by atoms with van der Waals surface area (Å²) >= 11 is 0. The van der Waals surface area contributed by atoms with E-state index in [1.165, 1.54) is 16.4 Å². The second-order valence-electron chi connectivity index (χ2n) is 8.03. The van der Waals surface area contributed by atoms with E-state index in [0.29, 0.717) is 12.8 Å². The van der Waals surface area contributed by atoms with Crippen molar-refractivity contribution in [3.63, 3.8) is 0 Å². The maximum absolute atomic E-state index is 13.8. The molecule has 0 saturated heterocycles. The zero-order chi connectivity index (χ0) is 22.3. The fraction of sp³-hybridized carbons (Fsp3) is 0.435. The second-order valence-corrected chi connectivity index (χ2v) is 9.85. The first-order valence-corrected chi connectivity index (χ1v) is 12.1. The van der Waals surface area contributed by atoms with E-state index in [4.69, 9.17) is 5.11 Å². The first-order chi connectivity index (χ1) is 14.8. The third-order valence-corrected chi connectivity index (χ3v) is 7.77. The Kier molecular flexibility index (Phi) is 7.69. The number of nitrogens with zero attached hydrogens (tertiary/aromatic N) is 1. The van der Waals surface area contributed by atoms with Crippen LogP contribution >= 0.6 is 0 Å². The number of nitrogens with one attached hydrogen (secondary N) is 1. The Balaban J connectivity index is 2.05. The monoisotopic (exact) mass is 446 g/mol. The van der Waals surface area contributed by atoms with Gasteiger partial charge in [-0.25, -0.2) is 13.2 Å². The average Bonchev–Trinajstić information content (AvgIpc) is 2.75. The molecule has 31 heavy (non-hydrogen) atoms. The molecule has 1 fully saturated rings. The molecule has 1 amide bonds. The van der Waals surface area contributed by atoms with E-state index in [0.717, 1.165) is 24.8 Å². The zero-order valence-electron chi connectivity index (χ0n) is 17.5. The van der Waals surface area contributed by atoms with Crippen LogP contribution in [0.25, 0.3) is 0 Å². The van der Waals surface area contributed by atoms with Crippen molar-refractivity contribution in [1.82, 2.24) is 9.62 Å². The van der Waals surface area contributed by atoms with Crippen LogP contribution in [-0.4, -0.2) is 47.3 Å². The van der Waals surface area contributed by atoms with Crippen LogP contribution in [0.15, 0.2) is 65.6 Å². The molecule has 0 spiro atoms. The Morgan fingerprint density at radius 2 is 1.58 bits per heavy atom. The van der Waals surface area contributed by atoms with Gasteiger partial charge in [-0.15, -0.1) is 0 Å². The SMILES string of the molecule is O=C(O)NCCC(O)(Cc1ccccc1)N(C1CCCCC1)S(=O)(=O)c1ccccc1. The summed E-state index contributed by atoms with van der Waals surface area (Å²) < 4.78 is 28.9. The van der Waals surface area contributed by atoms with Crippen molar-refractivity contribution in [2.24, 2.45) is 0 Å². The van der Waals surface area contributed by atoms with Gasteiger partial charge in [-0.05, 0) is 30.5 Å². The third-order valence-electron chi connectivity index (χ3n) is 5.75. The maximum atomic E-state index is 13.8. The summed E-state index contributed by atoms with van der Waals surface area (Å²) in [4.78, 5) is 11.1. The van der Waals surface area contributed by atoms with Crippen molar-refractivity contribution < 1.29 is 23.4 Å². The number of aliphatic hydroxyl groups is 1. The fourth-order valence-corrected chi connectivity index (χ4v) is 6.29. The van der Waals surface area contributed by atoms with E-state index in [1.807, 2.05) is 30.3 Å². The second kappa shape index (κ2) is 10.3. The number of carboxylic acid groups (broad SMARTS) is 1. The molecule has 1 unspecified atom stereocenters. The predicted octanol–water partition coefficient (Wildman–Crippen LogP) is 3.60. The van der Waals surface area contributed by atoms with Crippen molar-refractivity contribution >= 4 is 16.1 Å². The summed E-state index contributed by atoms with van der Waals surface area (Å²) in [6.45, 7) is -0.0633. The van der Waals surface area contributed by atoms with Gasteiger partial charge in [0.05, 0.1) is 4.90 Å². The highest BCUT2D eigenvalue weighted by Gasteiger charge is 2.46. The van der Waals surface area contributed by atoms with Crippen LogP contribution in [0.3, 0.4) is 0 Å². The molecule has 3 N–H and O–H groups in total. The van der Waals surface area contributed by atoms with Gasteiger partial charge in [-0.2, -0.15) is 4.31 Å². The highest BCUT2D eigenvalue weighted by atomic mass is 32.2. The number of hydrogen-bond acceptors (Lipinski definition) is 4. The lowest BCUT2D eigenvalue weighted by Gasteiger charge is -2.44. The first kappa shape index (κ1) is 23.2. The molecule has 1 aliphatic carbocycles. The predicted molar refractivity (Wildman–Crippen MR) is 118 cm³/mol. The molecule has 0 radical (unpaired) electrons. The van der Waals surface area contributed by atoms with Crippen molar-refractivity contribution in [3.8, 4) is 0 Å². The standard InChI is InChI=1S/C23H30N2O5S/c26-22(27)24-17-16-23(28,18-19-10-4-1-5-11-19)25(20-12-6-2-7-13-20)31(29,30)21-14-8-3-9-15-21/h1,3-5,8-11,14-15,20,24,28H,2,6-7,12-13,16-18H2,(H,26,27). The quantitative estimate of drug-likeness (QED) is 0.510. The van der Waals surface area contributed by atoms with Crippen molar-refractivity contribution in [1.29, 1.82) is 0 Å². The number of sulfonamides is 1. The summed E-state index contributed by atoms with van der Waals surface area (Å²) in [5.74, 6) is 0. The van der Waals surface area contributed by atoms with Crippen LogP contribution in [0.1, 0.15) is 44.1 Å². The van der Waals surface area contributed by atoms with E-state index in [9.17, 15) is 18.3 Å². The van der Waals surface area contributed by atoms with Gasteiger partial charge in [-0.3, -0.25) is 0 Å². The molecule has 3 rings (SSSR count). The Morgan fingerprint density at radius 1 is 1.00 bits per heavy atom. The van der Waals surface area contributed by atoms with Crippen molar-refractivity contribution in [2.75, 3.05) is 6.54 Å². The number of rotatable bonds is 9. The smallest absolute Gasteiger partial charge is 0.404 e. The highest BCUT2D eigenvalue weighted by Crippen LogP contribution is 2.36. The molecule has 0 aliphatic heterocycles. The van der Waals surface area contributed by atoms with E-state index in [-0.39, 0.29) is 30.3 Å². The molecule has 0 aromatic heterocycles. The van der Waals surface area contributed by atoms with Gasteiger partial charge >= 0.3 is 6.09 Å². The number of hydrogen-bond donors (Lipinski definition) is 3. The lowest BCUT2D eigenvalue weighted by atomic mass is 9.91. The largest absolute Gasteiger partial charge is 0.465 e. The maximum Gasteiger partial charge on any atom is 0.404 e. The fourth-order valence-electron chi connectivity index (χ4n) is 4.35. The molecule has 1 aliphatic rings. The summed E-state index contributed by atoms with van der Waals surface area (Å²) in [6, 6.07) is 17.0. The molecule has 7 nitrogen and oxygen atoms in total. The Morgan fingerprint density at radius 3 is 2.16 bits per heavy atom. The normalized spacial score (nSPS) is 17.2. The topological polar surface area (TPSA) is 107 Å². The Hall–Kier alpha value is -2.42. The molecule has 1 saturated carbocycles. The van der Waals surface area contributed by atoms with E-state index >= 15 is 0 Å². The minimum atomic E-state index is -4.02. The molecular weight excluding hydrogens is 416 g/mol. The lowest BCUT2D eigenvalue weighted by Crippen LogP contribution is -2.59. The summed E-state index contributed by atoms with van der Waals surface area (Å²) in [6.07, 6.45) is 2.94. The van der Waals surface area contributed by atoms with Crippen LogP contribution in [0.5, 0.6) is 0 Å². The van der Waals surface area contributed by atoms with Crippen molar-refractivity contribution in [3.05, 3.63) is 66.2 Å². The summed E-state index contributed by atoms with van der Waals surface area (Å²) in [5, 5.41) is 23.2. The highest BCUT2D eigenvalue weighted by molar-refractivity contribution is 7.89.